The summed E-state index contributed by atoms with van der Waals surface area (Å²) in [5, 5.41) is 0. The van der Waals surface area contributed by atoms with Crippen LogP contribution in [0.2, 0.25) is 0 Å². The van der Waals surface area contributed by atoms with Crippen LogP contribution in [-0.2, 0) is 4.74 Å². The minimum absolute atomic E-state index is 0.515. The van der Waals surface area contributed by atoms with Crippen LogP contribution in [0.3, 0.4) is 0 Å². The van der Waals surface area contributed by atoms with E-state index in [9.17, 15) is 0 Å². The largest absolute Gasteiger partial charge is 0.377 e. The SMILES string of the molecule is CC.CCN1CCC2(CC1)CC(OCCN)C2. The Hall–Kier alpha value is -0.120. The van der Waals surface area contributed by atoms with Crippen molar-refractivity contribution >= 4 is 0 Å². The monoisotopic (exact) mass is 242 g/mol. The summed E-state index contributed by atoms with van der Waals surface area (Å²) in [5.41, 5.74) is 6.07. The lowest BCUT2D eigenvalue weighted by Crippen LogP contribution is -2.50. The molecule has 2 N–H and O–H groups in total. The second-order valence-electron chi connectivity index (χ2n) is 5.12. The van der Waals surface area contributed by atoms with E-state index in [2.05, 4.69) is 11.8 Å². The van der Waals surface area contributed by atoms with Crippen molar-refractivity contribution in [3.05, 3.63) is 0 Å². The second-order valence-corrected chi connectivity index (χ2v) is 5.12. The van der Waals surface area contributed by atoms with Gasteiger partial charge in [0.15, 0.2) is 0 Å². The molecular weight excluding hydrogens is 212 g/mol. The van der Waals surface area contributed by atoms with Crippen molar-refractivity contribution in [3.8, 4) is 0 Å². The van der Waals surface area contributed by atoms with Crippen molar-refractivity contribution in [2.75, 3.05) is 32.8 Å². The zero-order valence-electron chi connectivity index (χ0n) is 11.9. The Bertz CT molecular complexity index is 192. The molecule has 2 aliphatic rings. The average Bonchev–Trinajstić information content (AvgIpc) is 2.37. The van der Waals surface area contributed by atoms with Gasteiger partial charge in [-0.2, -0.15) is 0 Å². The molecule has 1 saturated heterocycles. The highest BCUT2D eigenvalue weighted by Crippen LogP contribution is 2.50. The van der Waals surface area contributed by atoms with Crippen LogP contribution in [0, 0.1) is 5.41 Å². The highest BCUT2D eigenvalue weighted by atomic mass is 16.5. The quantitative estimate of drug-likeness (QED) is 0.822. The first-order chi connectivity index (χ1) is 8.28. The maximum absolute atomic E-state index is 5.67. The first-order valence-electron chi connectivity index (χ1n) is 7.32. The Kier molecular flexibility index (Phi) is 6.45. The lowest BCUT2D eigenvalue weighted by molar-refractivity contribution is -0.102. The fraction of sp³-hybridized carbons (Fsp3) is 1.00. The van der Waals surface area contributed by atoms with Gasteiger partial charge in [0.2, 0.25) is 0 Å². The predicted molar refractivity (Wildman–Crippen MR) is 73.2 cm³/mol. The summed E-state index contributed by atoms with van der Waals surface area (Å²) >= 11 is 0. The molecule has 3 nitrogen and oxygen atoms in total. The third kappa shape index (κ3) is 3.94. The van der Waals surface area contributed by atoms with E-state index in [1.807, 2.05) is 13.8 Å². The van der Waals surface area contributed by atoms with Crippen molar-refractivity contribution < 1.29 is 4.74 Å². The maximum Gasteiger partial charge on any atom is 0.0592 e. The lowest BCUT2D eigenvalue weighted by Gasteiger charge is -2.51. The summed E-state index contributed by atoms with van der Waals surface area (Å²) in [7, 11) is 0. The molecule has 102 valence electrons. The number of nitrogens with two attached hydrogens (primary N) is 1. The zero-order chi connectivity index (χ0) is 12.7. The Balaban J connectivity index is 0.000000686. The summed E-state index contributed by atoms with van der Waals surface area (Å²) in [6.07, 6.45) is 5.84. The van der Waals surface area contributed by atoms with E-state index >= 15 is 0 Å². The molecule has 0 unspecified atom stereocenters. The molecule has 2 fully saturated rings. The molecule has 2 rings (SSSR count). The lowest BCUT2D eigenvalue weighted by atomic mass is 9.61. The molecule has 0 bridgehead atoms. The van der Waals surface area contributed by atoms with Gasteiger partial charge in [-0.1, -0.05) is 20.8 Å². The molecule has 1 spiro atoms. The minimum Gasteiger partial charge on any atom is -0.377 e. The van der Waals surface area contributed by atoms with Crippen LogP contribution in [0.5, 0.6) is 0 Å². The number of likely N-dealkylation sites (tertiary alicyclic amines) is 1. The van der Waals surface area contributed by atoms with Gasteiger partial charge in [0.25, 0.3) is 0 Å². The summed E-state index contributed by atoms with van der Waals surface area (Å²) in [6.45, 7) is 11.4. The Morgan fingerprint density at radius 1 is 1.24 bits per heavy atom. The van der Waals surface area contributed by atoms with Crippen molar-refractivity contribution in [2.24, 2.45) is 11.1 Å². The van der Waals surface area contributed by atoms with Gasteiger partial charge in [-0.25, -0.2) is 0 Å². The van der Waals surface area contributed by atoms with Gasteiger partial charge in [0.05, 0.1) is 12.7 Å². The Morgan fingerprint density at radius 2 is 1.82 bits per heavy atom. The highest BCUT2D eigenvalue weighted by Gasteiger charge is 2.45. The second kappa shape index (κ2) is 7.34. The van der Waals surface area contributed by atoms with E-state index < -0.39 is 0 Å². The molecule has 1 aliphatic carbocycles. The number of nitrogens with zero attached hydrogens (tertiary/aromatic N) is 1. The van der Waals surface area contributed by atoms with Gasteiger partial charge >= 0.3 is 0 Å². The number of ether oxygens (including phenoxy) is 1. The number of piperidine rings is 1. The molecule has 0 amide bonds. The highest BCUT2D eigenvalue weighted by molar-refractivity contribution is 4.97. The van der Waals surface area contributed by atoms with Crippen LogP contribution in [0.1, 0.15) is 46.5 Å². The molecule has 0 atom stereocenters. The molecule has 0 aromatic carbocycles. The van der Waals surface area contributed by atoms with Crippen molar-refractivity contribution in [1.29, 1.82) is 0 Å². The maximum atomic E-state index is 5.67. The van der Waals surface area contributed by atoms with E-state index in [1.54, 1.807) is 0 Å². The third-order valence-electron chi connectivity index (χ3n) is 4.16. The Morgan fingerprint density at radius 3 is 2.29 bits per heavy atom. The van der Waals surface area contributed by atoms with Crippen molar-refractivity contribution in [1.82, 2.24) is 4.90 Å². The van der Waals surface area contributed by atoms with Crippen LogP contribution < -0.4 is 5.73 Å². The molecule has 0 aromatic rings. The molecule has 1 saturated carbocycles. The topological polar surface area (TPSA) is 38.5 Å². The van der Waals surface area contributed by atoms with Crippen LogP contribution in [0.25, 0.3) is 0 Å². The normalized spacial score (nSPS) is 24.0. The number of hydrogen-bond donors (Lipinski definition) is 1. The summed E-state index contributed by atoms with van der Waals surface area (Å²) < 4.78 is 5.67. The summed E-state index contributed by atoms with van der Waals surface area (Å²) in [5.74, 6) is 0. The minimum atomic E-state index is 0.515. The smallest absolute Gasteiger partial charge is 0.0592 e. The van der Waals surface area contributed by atoms with Crippen LogP contribution in [-0.4, -0.2) is 43.8 Å². The van der Waals surface area contributed by atoms with E-state index in [0.717, 1.165) is 6.61 Å². The first-order valence-corrected chi connectivity index (χ1v) is 7.32. The third-order valence-corrected chi connectivity index (χ3v) is 4.16. The standard InChI is InChI=1S/C12H24N2O.C2H6/c1-2-14-6-3-12(4-7-14)9-11(10-12)15-8-5-13;1-2/h11H,2-10,13H2,1H3;1-2H3. The molecule has 0 aromatic heterocycles. The molecule has 1 heterocycles. The molecule has 0 radical (unpaired) electrons. The van der Waals surface area contributed by atoms with E-state index in [0.29, 0.717) is 18.1 Å². The van der Waals surface area contributed by atoms with Crippen LogP contribution >= 0.6 is 0 Å². The van der Waals surface area contributed by atoms with Crippen molar-refractivity contribution in [3.63, 3.8) is 0 Å². The molecule has 1 aliphatic heterocycles. The fourth-order valence-corrected chi connectivity index (χ4v) is 3.01. The van der Waals surface area contributed by atoms with E-state index in [-0.39, 0.29) is 0 Å². The predicted octanol–water partition coefficient (Wildman–Crippen LogP) is 2.25. The fourth-order valence-electron chi connectivity index (χ4n) is 3.01. The van der Waals surface area contributed by atoms with Crippen molar-refractivity contribution in [2.45, 2.75) is 52.6 Å². The van der Waals surface area contributed by atoms with Crippen LogP contribution in [0.4, 0.5) is 0 Å². The van der Waals surface area contributed by atoms with Crippen LogP contribution in [0.15, 0.2) is 0 Å². The van der Waals surface area contributed by atoms with Gasteiger partial charge in [-0.3, -0.25) is 0 Å². The van der Waals surface area contributed by atoms with Gasteiger partial charge in [0, 0.05) is 6.54 Å². The first kappa shape index (κ1) is 14.9. The number of rotatable bonds is 4. The van der Waals surface area contributed by atoms with Gasteiger partial charge in [-0.05, 0) is 50.7 Å². The van der Waals surface area contributed by atoms with E-state index in [1.165, 1.54) is 45.3 Å². The summed E-state index contributed by atoms with van der Waals surface area (Å²) in [4.78, 5) is 2.55. The van der Waals surface area contributed by atoms with E-state index in [4.69, 9.17) is 10.5 Å². The molecule has 17 heavy (non-hydrogen) atoms. The Labute approximate surface area is 107 Å². The average molecular weight is 242 g/mol. The summed E-state index contributed by atoms with van der Waals surface area (Å²) in [6, 6.07) is 0. The molecular formula is C14H30N2O. The van der Waals surface area contributed by atoms with Gasteiger partial charge in [-0.15, -0.1) is 0 Å². The van der Waals surface area contributed by atoms with Gasteiger partial charge in [0.1, 0.15) is 0 Å². The zero-order valence-corrected chi connectivity index (χ0v) is 11.9. The number of hydrogen-bond acceptors (Lipinski definition) is 3. The molecule has 3 heteroatoms. The van der Waals surface area contributed by atoms with Gasteiger partial charge < -0.3 is 15.4 Å².